The highest BCUT2D eigenvalue weighted by Crippen LogP contribution is 2.25. The molecule has 0 aromatic heterocycles. The molecule has 1 amide bonds. The number of rotatable bonds is 5. The molecule has 1 atom stereocenters. The average molecular weight is 299 g/mol. The summed E-state index contributed by atoms with van der Waals surface area (Å²) in [6.45, 7) is 1.45. The number of aromatic hydroxyl groups is 2. The van der Waals surface area contributed by atoms with Gasteiger partial charge in [-0.2, -0.15) is 0 Å². The lowest BCUT2D eigenvalue weighted by Crippen LogP contribution is -2.88. The maximum Gasteiger partial charge on any atom is 0.307 e. The third kappa shape index (κ3) is 3.93. The molecule has 0 spiro atoms. The van der Waals surface area contributed by atoms with Crippen molar-refractivity contribution < 1.29 is 20.3 Å². The van der Waals surface area contributed by atoms with Gasteiger partial charge in [0.25, 0.3) is 0 Å². The minimum Gasteiger partial charge on any atom is -0.508 e. The van der Waals surface area contributed by atoms with E-state index in [1.165, 1.54) is 18.3 Å². The number of nitrogens with two attached hydrogens (primary N) is 1. The van der Waals surface area contributed by atoms with E-state index in [0.717, 1.165) is 0 Å². The highest BCUT2D eigenvalue weighted by Gasteiger charge is 2.22. The van der Waals surface area contributed by atoms with Crippen molar-refractivity contribution in [1.82, 2.24) is 0 Å². The van der Waals surface area contributed by atoms with Crippen LogP contribution in [0.5, 0.6) is 11.5 Å². The number of hydrogen-bond acceptors (Lipinski definition) is 4. The molecule has 2 rings (SSSR count). The number of quaternary nitrogens is 1. The first-order chi connectivity index (χ1) is 10.5. The third-order valence-corrected chi connectivity index (χ3v) is 3.39. The number of carbonyl (C=O) groups is 1. The molecule has 22 heavy (non-hydrogen) atoms. The highest BCUT2D eigenvalue weighted by atomic mass is 16.3. The topological polar surface area (TPSA) is 98.0 Å². The Morgan fingerprint density at radius 3 is 2.55 bits per heavy atom. The zero-order chi connectivity index (χ0) is 16.1. The van der Waals surface area contributed by atoms with Gasteiger partial charge in [0.05, 0.1) is 12.5 Å². The van der Waals surface area contributed by atoms with Crippen molar-refractivity contribution in [2.24, 2.45) is 0 Å². The number of para-hydroxylation sites is 1. The quantitative estimate of drug-likeness (QED) is 0.633. The van der Waals surface area contributed by atoms with E-state index in [2.05, 4.69) is 0 Å². The van der Waals surface area contributed by atoms with Gasteiger partial charge in [-0.05, 0) is 29.8 Å². The fraction of sp³-hybridized carbons (Fsp3) is 0.176. The van der Waals surface area contributed by atoms with E-state index < -0.39 is 0 Å². The van der Waals surface area contributed by atoms with Gasteiger partial charge in [-0.15, -0.1) is 0 Å². The summed E-state index contributed by atoms with van der Waals surface area (Å²) in [7, 11) is 0. The van der Waals surface area contributed by atoms with Crippen LogP contribution in [0, 0.1) is 5.41 Å². The molecular formula is C17H19N2O3+. The molecule has 5 N–H and O–H groups in total. The Morgan fingerprint density at radius 1 is 1.18 bits per heavy atom. The molecule has 0 saturated heterocycles. The molecule has 0 bridgehead atoms. The van der Waals surface area contributed by atoms with Crippen molar-refractivity contribution in [3.05, 3.63) is 59.7 Å². The number of carbonyl (C=O) groups excluding carboxylic acids is 1. The maximum atomic E-state index is 11.5. The summed E-state index contributed by atoms with van der Waals surface area (Å²) in [6.07, 6.45) is 0.264. The van der Waals surface area contributed by atoms with E-state index >= 15 is 0 Å². The van der Waals surface area contributed by atoms with Crippen molar-refractivity contribution in [2.75, 3.05) is 0 Å². The lowest BCUT2D eigenvalue weighted by Gasteiger charge is -2.16. The van der Waals surface area contributed by atoms with E-state index in [4.69, 9.17) is 5.41 Å². The molecule has 1 unspecified atom stereocenters. The predicted molar refractivity (Wildman–Crippen MR) is 83.0 cm³/mol. The van der Waals surface area contributed by atoms with Crippen LogP contribution in [0.4, 0.5) is 0 Å². The summed E-state index contributed by atoms with van der Waals surface area (Å²) in [4.78, 5) is 11.5. The summed E-state index contributed by atoms with van der Waals surface area (Å²) >= 11 is 0. The Kier molecular flexibility index (Phi) is 4.91. The van der Waals surface area contributed by atoms with Crippen LogP contribution in [0.25, 0.3) is 0 Å². The van der Waals surface area contributed by atoms with Gasteiger partial charge in [0.1, 0.15) is 17.5 Å². The molecule has 0 aliphatic rings. The monoisotopic (exact) mass is 299 g/mol. The summed E-state index contributed by atoms with van der Waals surface area (Å²) in [5.74, 6) is 0.0857. The summed E-state index contributed by atoms with van der Waals surface area (Å²) in [6, 6.07) is 12.9. The van der Waals surface area contributed by atoms with Crippen LogP contribution < -0.4 is 5.32 Å². The van der Waals surface area contributed by atoms with Crippen LogP contribution in [0.1, 0.15) is 30.5 Å². The second-order valence-corrected chi connectivity index (χ2v) is 5.18. The fourth-order valence-electron chi connectivity index (χ4n) is 2.37. The summed E-state index contributed by atoms with van der Waals surface area (Å²) in [5, 5.41) is 29.2. The second-order valence-electron chi connectivity index (χ2n) is 5.18. The number of phenols is 2. The standard InChI is InChI=1S/C17H18N2O3/c1-11(20)19-16(14-7-2-3-8-17(14)22)10-15(18)12-5-4-6-13(21)9-12/h2-9,16,18,21-22H,10H2,1H3,(H,19,20)/p+1. The van der Waals surface area contributed by atoms with Crippen molar-refractivity contribution in [2.45, 2.75) is 19.4 Å². The molecule has 5 nitrogen and oxygen atoms in total. The molecular weight excluding hydrogens is 280 g/mol. The van der Waals surface area contributed by atoms with E-state index in [-0.39, 0.29) is 29.9 Å². The van der Waals surface area contributed by atoms with Gasteiger partial charge in [0, 0.05) is 12.1 Å². The van der Waals surface area contributed by atoms with Gasteiger partial charge in [-0.1, -0.05) is 24.3 Å². The molecule has 0 aliphatic heterocycles. The van der Waals surface area contributed by atoms with Gasteiger partial charge in [-0.25, -0.2) is 4.79 Å². The van der Waals surface area contributed by atoms with E-state index in [0.29, 0.717) is 16.8 Å². The van der Waals surface area contributed by atoms with Crippen LogP contribution in [-0.4, -0.2) is 21.8 Å². The second kappa shape index (κ2) is 6.87. The lowest BCUT2D eigenvalue weighted by atomic mass is 9.96. The molecule has 0 radical (unpaired) electrons. The first kappa shape index (κ1) is 15.7. The molecule has 114 valence electrons. The van der Waals surface area contributed by atoms with Gasteiger partial charge in [0.15, 0.2) is 0 Å². The molecule has 0 saturated carbocycles. The molecule has 0 fully saturated rings. The largest absolute Gasteiger partial charge is 0.508 e. The predicted octanol–water partition coefficient (Wildman–Crippen LogP) is 1.71. The molecule has 2 aromatic rings. The average Bonchev–Trinajstić information content (AvgIpc) is 2.46. The maximum absolute atomic E-state index is 11.5. The van der Waals surface area contributed by atoms with Gasteiger partial charge in [0.2, 0.25) is 0 Å². The van der Waals surface area contributed by atoms with E-state index in [9.17, 15) is 15.0 Å². The number of amides is 1. The van der Waals surface area contributed by atoms with Gasteiger partial charge >= 0.3 is 5.91 Å². The fourth-order valence-corrected chi connectivity index (χ4v) is 2.37. The Bertz CT molecular complexity index is 698. The van der Waals surface area contributed by atoms with Crippen LogP contribution in [-0.2, 0) is 4.79 Å². The zero-order valence-corrected chi connectivity index (χ0v) is 12.3. The first-order valence-corrected chi connectivity index (χ1v) is 6.97. The van der Waals surface area contributed by atoms with E-state index in [1.54, 1.807) is 42.5 Å². The van der Waals surface area contributed by atoms with Gasteiger partial charge < -0.3 is 15.6 Å². The number of nitrogens with one attached hydrogen (secondary N) is 1. The van der Waals surface area contributed by atoms with Gasteiger partial charge in [-0.3, -0.25) is 5.32 Å². The molecule has 0 aliphatic carbocycles. The van der Waals surface area contributed by atoms with Crippen molar-refractivity contribution >= 4 is 11.6 Å². The Labute approximate surface area is 128 Å². The third-order valence-electron chi connectivity index (χ3n) is 3.39. The number of primary amides is 1. The minimum atomic E-state index is -0.381. The Morgan fingerprint density at radius 2 is 1.91 bits per heavy atom. The minimum absolute atomic E-state index is 0.0944. The van der Waals surface area contributed by atoms with Crippen molar-refractivity contribution in [3.8, 4) is 11.5 Å². The summed E-state index contributed by atoms with van der Waals surface area (Å²) < 4.78 is 0. The molecule has 2 aromatic carbocycles. The smallest absolute Gasteiger partial charge is 0.307 e. The van der Waals surface area contributed by atoms with Crippen molar-refractivity contribution in [1.29, 1.82) is 5.41 Å². The molecule has 0 heterocycles. The number of phenolic OH excluding ortho intramolecular Hbond substituents is 2. The first-order valence-electron chi connectivity index (χ1n) is 6.97. The van der Waals surface area contributed by atoms with Crippen LogP contribution in [0.2, 0.25) is 0 Å². The van der Waals surface area contributed by atoms with Crippen LogP contribution in [0.3, 0.4) is 0 Å². The van der Waals surface area contributed by atoms with E-state index in [1.807, 2.05) is 0 Å². The SMILES string of the molecule is CC(=O)[NH2+]C(CC(=N)c1cccc(O)c1)c1ccccc1O. The highest BCUT2D eigenvalue weighted by molar-refractivity contribution is 5.98. The van der Waals surface area contributed by atoms with Crippen molar-refractivity contribution in [3.63, 3.8) is 0 Å². The molecule has 5 heteroatoms. The normalized spacial score (nSPS) is 11.9. The Hall–Kier alpha value is -2.66. The Balaban J connectivity index is 2.25. The van der Waals surface area contributed by atoms with Crippen LogP contribution >= 0.6 is 0 Å². The zero-order valence-electron chi connectivity index (χ0n) is 12.3. The summed E-state index contributed by atoms with van der Waals surface area (Å²) in [5.41, 5.74) is 1.50. The number of hydrogen-bond donors (Lipinski definition) is 4. The number of benzene rings is 2. The van der Waals surface area contributed by atoms with Crippen LogP contribution in [0.15, 0.2) is 48.5 Å². The lowest BCUT2D eigenvalue weighted by molar-refractivity contribution is -0.610.